The highest BCUT2D eigenvalue weighted by atomic mass is 16.5. The van der Waals surface area contributed by atoms with Gasteiger partial charge in [-0.15, -0.1) is 0 Å². The summed E-state index contributed by atoms with van der Waals surface area (Å²) in [6.07, 6.45) is 4.02. The molecule has 1 rings (SSSR count). The van der Waals surface area contributed by atoms with Gasteiger partial charge in [0.25, 0.3) is 0 Å². The Bertz CT molecular complexity index is 95.2. The summed E-state index contributed by atoms with van der Waals surface area (Å²) in [6, 6.07) is 0. The van der Waals surface area contributed by atoms with Crippen molar-refractivity contribution < 1.29 is 4.74 Å². The Hall–Kier alpha value is -0.540. The third-order valence-electron chi connectivity index (χ3n) is 1.27. The normalized spacial score (nSPS) is 18.3. The van der Waals surface area contributed by atoms with Crippen LogP contribution in [0.5, 0.6) is 0 Å². The van der Waals surface area contributed by atoms with Gasteiger partial charge in [0, 0.05) is 26.4 Å². The Labute approximate surface area is 55.3 Å². The van der Waals surface area contributed by atoms with Crippen LogP contribution in [0.15, 0.2) is 12.3 Å². The molecule has 0 saturated carbocycles. The van der Waals surface area contributed by atoms with Crippen molar-refractivity contribution in [2.45, 2.75) is 0 Å². The van der Waals surface area contributed by atoms with Gasteiger partial charge in [0.15, 0.2) is 0 Å². The average Bonchev–Trinajstić information content (AvgIpc) is 2.34. The number of hydrazine groups is 1. The Morgan fingerprint density at radius 3 is 3.22 bits per heavy atom. The van der Waals surface area contributed by atoms with Crippen molar-refractivity contribution in [3.05, 3.63) is 12.3 Å². The van der Waals surface area contributed by atoms with Gasteiger partial charge >= 0.3 is 0 Å². The lowest BCUT2D eigenvalue weighted by molar-refractivity contribution is 0.142. The highest BCUT2D eigenvalue weighted by Gasteiger charge is 2.02. The molecule has 0 saturated heterocycles. The molecule has 0 aromatic rings. The summed E-state index contributed by atoms with van der Waals surface area (Å²) < 4.78 is 4.89. The average molecular weight is 128 g/mol. The van der Waals surface area contributed by atoms with E-state index >= 15 is 0 Å². The fraction of sp³-hybridized carbons (Fsp3) is 0.667. The van der Waals surface area contributed by atoms with E-state index < -0.39 is 0 Å². The first kappa shape index (κ1) is 6.58. The summed E-state index contributed by atoms with van der Waals surface area (Å²) >= 11 is 0. The zero-order valence-electron chi connectivity index (χ0n) is 5.63. The Kier molecular flexibility index (Phi) is 2.54. The van der Waals surface area contributed by atoms with Crippen molar-refractivity contribution in [3.8, 4) is 0 Å². The van der Waals surface area contributed by atoms with Crippen LogP contribution in [0.3, 0.4) is 0 Å². The zero-order valence-corrected chi connectivity index (χ0v) is 5.63. The molecule has 0 aromatic heterocycles. The molecule has 1 heterocycles. The molecule has 0 aliphatic carbocycles. The molecule has 0 bridgehead atoms. The summed E-state index contributed by atoms with van der Waals surface area (Å²) in [5, 5.41) is 2.09. The van der Waals surface area contributed by atoms with Gasteiger partial charge in [0.05, 0.1) is 6.61 Å². The molecule has 1 aliphatic heterocycles. The van der Waals surface area contributed by atoms with Gasteiger partial charge in [-0.1, -0.05) is 6.08 Å². The third kappa shape index (κ3) is 2.03. The molecule has 9 heavy (non-hydrogen) atoms. The van der Waals surface area contributed by atoms with Crippen molar-refractivity contribution in [1.82, 2.24) is 10.4 Å². The van der Waals surface area contributed by atoms with Gasteiger partial charge in [0.2, 0.25) is 0 Å². The van der Waals surface area contributed by atoms with Crippen molar-refractivity contribution in [2.24, 2.45) is 0 Å². The molecule has 1 aliphatic rings. The molecule has 0 atom stereocenters. The van der Waals surface area contributed by atoms with Crippen molar-refractivity contribution in [3.63, 3.8) is 0 Å². The first-order valence-electron chi connectivity index (χ1n) is 3.08. The molecule has 0 unspecified atom stereocenters. The number of rotatable bonds is 3. The number of nitrogens with one attached hydrogen (secondary N) is 1. The summed E-state index contributed by atoms with van der Waals surface area (Å²) in [6.45, 7) is 2.72. The lowest BCUT2D eigenvalue weighted by Crippen LogP contribution is -2.32. The minimum atomic E-state index is 0.786. The summed E-state index contributed by atoms with van der Waals surface area (Å²) in [5.41, 5.74) is 3.06. The summed E-state index contributed by atoms with van der Waals surface area (Å²) in [4.78, 5) is 0. The van der Waals surface area contributed by atoms with Gasteiger partial charge in [-0.3, -0.25) is 0 Å². The van der Waals surface area contributed by atoms with Gasteiger partial charge in [-0.2, -0.15) is 0 Å². The maximum atomic E-state index is 4.89. The molecule has 1 N–H and O–H groups in total. The molecule has 3 nitrogen and oxygen atoms in total. The lowest BCUT2D eigenvalue weighted by Gasteiger charge is -2.13. The second-order valence-electron chi connectivity index (χ2n) is 1.97. The fourth-order valence-electron chi connectivity index (χ4n) is 0.748. The first-order chi connectivity index (χ1) is 4.43. The number of nitrogens with zero attached hydrogens (tertiary/aromatic N) is 1. The van der Waals surface area contributed by atoms with E-state index in [-0.39, 0.29) is 0 Å². The quantitative estimate of drug-likeness (QED) is 0.577. The fourth-order valence-corrected chi connectivity index (χ4v) is 0.748. The van der Waals surface area contributed by atoms with Crippen LogP contribution in [0.2, 0.25) is 0 Å². The first-order valence-corrected chi connectivity index (χ1v) is 3.08. The third-order valence-corrected chi connectivity index (χ3v) is 1.27. The van der Waals surface area contributed by atoms with Crippen LogP contribution in [0.25, 0.3) is 0 Å². The molecule has 52 valence electrons. The topological polar surface area (TPSA) is 24.5 Å². The standard InChI is InChI=1S/C6H12N2O/c1-9-6-5-8-4-2-3-7-8/h2-3,7H,4-6H2,1H3. The molecule has 0 spiro atoms. The Morgan fingerprint density at radius 1 is 1.78 bits per heavy atom. The minimum Gasteiger partial charge on any atom is -0.383 e. The largest absolute Gasteiger partial charge is 0.383 e. The number of methoxy groups -OCH3 is 1. The van der Waals surface area contributed by atoms with E-state index in [0.717, 1.165) is 19.7 Å². The van der Waals surface area contributed by atoms with Gasteiger partial charge in [-0.05, 0) is 0 Å². The summed E-state index contributed by atoms with van der Waals surface area (Å²) in [5.74, 6) is 0. The molecule has 0 fully saturated rings. The highest BCUT2D eigenvalue weighted by molar-refractivity contribution is 4.88. The highest BCUT2D eigenvalue weighted by Crippen LogP contribution is 1.90. The number of ether oxygens (including phenoxy) is 1. The zero-order chi connectivity index (χ0) is 6.53. The molecular weight excluding hydrogens is 116 g/mol. The predicted octanol–water partition coefficient (Wildman–Crippen LogP) is -0.0333. The van der Waals surface area contributed by atoms with Crippen molar-refractivity contribution in [2.75, 3.05) is 26.8 Å². The molecule has 0 amide bonds. The second kappa shape index (κ2) is 3.48. The van der Waals surface area contributed by atoms with Crippen LogP contribution < -0.4 is 5.43 Å². The van der Waals surface area contributed by atoms with E-state index in [2.05, 4.69) is 16.5 Å². The maximum absolute atomic E-state index is 4.89. The molecular formula is C6H12N2O. The number of hydrogen-bond donors (Lipinski definition) is 1. The number of hydrogen-bond acceptors (Lipinski definition) is 3. The van der Waals surface area contributed by atoms with E-state index in [1.807, 2.05) is 6.20 Å². The van der Waals surface area contributed by atoms with Crippen LogP contribution in [-0.2, 0) is 4.74 Å². The second-order valence-corrected chi connectivity index (χ2v) is 1.97. The van der Waals surface area contributed by atoms with Gasteiger partial charge in [0.1, 0.15) is 0 Å². The van der Waals surface area contributed by atoms with Crippen molar-refractivity contribution >= 4 is 0 Å². The minimum absolute atomic E-state index is 0.786. The van der Waals surface area contributed by atoms with Crippen molar-refractivity contribution in [1.29, 1.82) is 0 Å². The Morgan fingerprint density at radius 2 is 2.67 bits per heavy atom. The monoisotopic (exact) mass is 128 g/mol. The predicted molar refractivity (Wildman–Crippen MR) is 35.7 cm³/mol. The van der Waals surface area contributed by atoms with E-state index in [9.17, 15) is 0 Å². The summed E-state index contributed by atoms with van der Waals surface area (Å²) in [7, 11) is 1.71. The van der Waals surface area contributed by atoms with Crippen LogP contribution in [0.4, 0.5) is 0 Å². The molecule has 0 radical (unpaired) electrons. The van der Waals surface area contributed by atoms with E-state index in [1.165, 1.54) is 0 Å². The molecule has 0 aromatic carbocycles. The maximum Gasteiger partial charge on any atom is 0.0608 e. The van der Waals surface area contributed by atoms with E-state index in [1.54, 1.807) is 7.11 Å². The van der Waals surface area contributed by atoms with Crippen LogP contribution in [-0.4, -0.2) is 31.8 Å². The smallest absolute Gasteiger partial charge is 0.0608 e. The SMILES string of the molecule is COCCN1CC=CN1. The Balaban J connectivity index is 2.01. The lowest BCUT2D eigenvalue weighted by atomic mass is 10.6. The van der Waals surface area contributed by atoms with Crippen LogP contribution >= 0.6 is 0 Å². The van der Waals surface area contributed by atoms with E-state index in [0.29, 0.717) is 0 Å². The molecule has 3 heteroatoms. The van der Waals surface area contributed by atoms with Crippen LogP contribution in [0.1, 0.15) is 0 Å². The van der Waals surface area contributed by atoms with Gasteiger partial charge in [-0.25, -0.2) is 5.01 Å². The van der Waals surface area contributed by atoms with Gasteiger partial charge < -0.3 is 10.2 Å². The van der Waals surface area contributed by atoms with Crippen LogP contribution in [0, 0.1) is 0 Å². The van der Waals surface area contributed by atoms with E-state index in [4.69, 9.17) is 4.74 Å².